The molecule has 0 saturated heterocycles. The second kappa shape index (κ2) is 9.95. The van der Waals surface area contributed by atoms with Crippen molar-refractivity contribution >= 4 is 0 Å². The van der Waals surface area contributed by atoms with E-state index in [-0.39, 0.29) is 0 Å². The molecule has 0 aliphatic carbocycles. The van der Waals surface area contributed by atoms with E-state index in [4.69, 9.17) is 14.2 Å². The molecule has 1 N–H and O–H groups in total. The van der Waals surface area contributed by atoms with Crippen molar-refractivity contribution in [1.82, 2.24) is 20.3 Å². The summed E-state index contributed by atoms with van der Waals surface area (Å²) in [4.78, 5) is 0. The number of hydrogen-bond donors (Lipinski definition) is 1. The van der Waals surface area contributed by atoms with E-state index in [1.165, 1.54) is 0 Å². The predicted molar refractivity (Wildman–Crippen MR) is 66.3 cm³/mol. The number of ether oxygens (including phenoxy) is 3. The van der Waals surface area contributed by atoms with Gasteiger partial charge in [0.1, 0.15) is 5.69 Å². The number of nitrogens with zero attached hydrogens (tertiary/aromatic N) is 3. The third-order valence-electron chi connectivity index (χ3n) is 2.23. The Balaban J connectivity index is 2.10. The highest BCUT2D eigenvalue weighted by atomic mass is 16.5. The quantitative estimate of drug-likeness (QED) is 0.548. The van der Waals surface area contributed by atoms with Gasteiger partial charge in [-0.1, -0.05) is 5.21 Å². The van der Waals surface area contributed by atoms with Crippen LogP contribution in [0, 0.1) is 0 Å². The molecule has 0 aliphatic rings. The SMILES string of the molecule is CNCCOCc1cn(CCOCCOC)nn1. The summed E-state index contributed by atoms with van der Waals surface area (Å²) in [7, 11) is 3.55. The number of likely N-dealkylation sites (N-methyl/N-ethyl adjacent to an activating group) is 1. The van der Waals surface area contributed by atoms with Crippen LogP contribution in [0.3, 0.4) is 0 Å². The average Bonchev–Trinajstić information content (AvgIpc) is 2.82. The topological polar surface area (TPSA) is 70.4 Å². The Kier molecular flexibility index (Phi) is 8.32. The molecule has 1 aromatic rings. The van der Waals surface area contributed by atoms with Gasteiger partial charge in [0.05, 0.1) is 45.8 Å². The van der Waals surface area contributed by atoms with E-state index in [0.29, 0.717) is 39.6 Å². The fraction of sp³-hybridized carbons (Fsp3) is 0.818. The normalized spacial score (nSPS) is 11.0. The average molecular weight is 258 g/mol. The van der Waals surface area contributed by atoms with Crippen LogP contribution in [0.4, 0.5) is 0 Å². The first-order valence-corrected chi connectivity index (χ1v) is 6.05. The van der Waals surface area contributed by atoms with Crippen molar-refractivity contribution in [2.75, 3.05) is 47.1 Å². The first-order chi connectivity index (χ1) is 8.86. The minimum Gasteiger partial charge on any atom is -0.382 e. The first kappa shape index (κ1) is 15.0. The highest BCUT2D eigenvalue weighted by Crippen LogP contribution is 1.95. The molecule has 1 rings (SSSR count). The Labute approximate surface area is 107 Å². The molecule has 18 heavy (non-hydrogen) atoms. The van der Waals surface area contributed by atoms with Crippen molar-refractivity contribution < 1.29 is 14.2 Å². The number of nitrogens with one attached hydrogen (secondary N) is 1. The molecule has 1 aromatic heterocycles. The molecule has 0 aliphatic heterocycles. The standard InChI is InChI=1S/C11H22N4O3/c1-12-3-5-18-10-11-9-15(14-13-11)4-6-17-8-7-16-2/h9,12H,3-8,10H2,1-2H3. The van der Waals surface area contributed by atoms with Gasteiger partial charge < -0.3 is 19.5 Å². The van der Waals surface area contributed by atoms with Crippen molar-refractivity contribution in [2.24, 2.45) is 0 Å². The zero-order chi connectivity index (χ0) is 13.1. The monoisotopic (exact) mass is 258 g/mol. The van der Waals surface area contributed by atoms with E-state index in [0.717, 1.165) is 12.2 Å². The molecule has 0 aromatic carbocycles. The predicted octanol–water partition coefficient (Wildman–Crippen LogP) is -0.323. The molecule has 0 bridgehead atoms. The lowest BCUT2D eigenvalue weighted by atomic mass is 10.5. The second-order valence-corrected chi connectivity index (χ2v) is 3.73. The molecule has 0 saturated carbocycles. The second-order valence-electron chi connectivity index (χ2n) is 3.73. The molecule has 7 nitrogen and oxygen atoms in total. The summed E-state index contributed by atoms with van der Waals surface area (Å²) in [5, 5.41) is 11.0. The van der Waals surface area contributed by atoms with Gasteiger partial charge in [0.25, 0.3) is 0 Å². The zero-order valence-electron chi connectivity index (χ0n) is 11.1. The highest BCUT2D eigenvalue weighted by Gasteiger charge is 2.00. The molecular weight excluding hydrogens is 236 g/mol. The van der Waals surface area contributed by atoms with Gasteiger partial charge in [-0.05, 0) is 7.05 Å². The lowest BCUT2D eigenvalue weighted by Crippen LogP contribution is -2.14. The molecule has 0 atom stereocenters. The number of methoxy groups -OCH3 is 1. The molecule has 0 unspecified atom stereocenters. The third kappa shape index (κ3) is 6.65. The maximum atomic E-state index is 5.40. The summed E-state index contributed by atoms with van der Waals surface area (Å²) in [6, 6.07) is 0. The Morgan fingerprint density at radius 3 is 2.89 bits per heavy atom. The molecular formula is C11H22N4O3. The Morgan fingerprint density at radius 1 is 1.22 bits per heavy atom. The van der Waals surface area contributed by atoms with Crippen LogP contribution in [0.5, 0.6) is 0 Å². The van der Waals surface area contributed by atoms with Gasteiger partial charge in [0, 0.05) is 13.7 Å². The minimum atomic E-state index is 0.492. The van der Waals surface area contributed by atoms with Gasteiger partial charge in [-0.3, -0.25) is 0 Å². The largest absolute Gasteiger partial charge is 0.382 e. The van der Waals surface area contributed by atoms with Crippen LogP contribution < -0.4 is 5.32 Å². The molecule has 0 radical (unpaired) electrons. The Morgan fingerprint density at radius 2 is 2.11 bits per heavy atom. The fourth-order valence-electron chi connectivity index (χ4n) is 1.27. The van der Waals surface area contributed by atoms with Crippen LogP contribution in [0.25, 0.3) is 0 Å². The molecule has 104 valence electrons. The highest BCUT2D eigenvalue weighted by molar-refractivity contribution is 4.89. The summed E-state index contributed by atoms with van der Waals surface area (Å²) in [5.41, 5.74) is 0.836. The van der Waals surface area contributed by atoms with Gasteiger partial charge in [-0.25, -0.2) is 4.68 Å². The van der Waals surface area contributed by atoms with Crippen LogP contribution in [0.1, 0.15) is 5.69 Å². The minimum absolute atomic E-state index is 0.492. The van der Waals surface area contributed by atoms with E-state index in [1.807, 2.05) is 13.2 Å². The van der Waals surface area contributed by atoms with Gasteiger partial charge >= 0.3 is 0 Å². The van der Waals surface area contributed by atoms with Crippen molar-refractivity contribution in [3.63, 3.8) is 0 Å². The van der Waals surface area contributed by atoms with E-state index in [9.17, 15) is 0 Å². The molecule has 0 fully saturated rings. The van der Waals surface area contributed by atoms with E-state index in [2.05, 4.69) is 15.6 Å². The van der Waals surface area contributed by atoms with Gasteiger partial charge in [-0.2, -0.15) is 0 Å². The zero-order valence-corrected chi connectivity index (χ0v) is 11.1. The van der Waals surface area contributed by atoms with E-state index in [1.54, 1.807) is 11.8 Å². The molecule has 7 heteroatoms. The van der Waals surface area contributed by atoms with Gasteiger partial charge in [0.15, 0.2) is 0 Å². The third-order valence-corrected chi connectivity index (χ3v) is 2.23. The molecule has 0 amide bonds. The summed E-state index contributed by atoms with van der Waals surface area (Å²) >= 11 is 0. The van der Waals surface area contributed by atoms with Gasteiger partial charge in [-0.15, -0.1) is 5.10 Å². The lowest BCUT2D eigenvalue weighted by Gasteiger charge is -2.02. The molecule has 1 heterocycles. The summed E-state index contributed by atoms with van der Waals surface area (Å²) in [6.07, 6.45) is 1.87. The Bertz CT molecular complexity index is 306. The summed E-state index contributed by atoms with van der Waals surface area (Å²) in [6.45, 7) is 4.50. The Hall–Kier alpha value is -1.02. The number of rotatable bonds is 11. The van der Waals surface area contributed by atoms with Crippen molar-refractivity contribution in [3.8, 4) is 0 Å². The number of hydrogen-bond acceptors (Lipinski definition) is 6. The maximum absolute atomic E-state index is 5.40. The van der Waals surface area contributed by atoms with Crippen molar-refractivity contribution in [2.45, 2.75) is 13.2 Å². The number of aromatic nitrogens is 3. The summed E-state index contributed by atoms with van der Waals surface area (Å²) in [5.74, 6) is 0. The van der Waals surface area contributed by atoms with Crippen LogP contribution in [-0.2, 0) is 27.4 Å². The lowest BCUT2D eigenvalue weighted by molar-refractivity contribution is 0.0652. The molecule has 0 spiro atoms. The van der Waals surface area contributed by atoms with Crippen LogP contribution in [0.15, 0.2) is 6.20 Å². The van der Waals surface area contributed by atoms with Crippen LogP contribution in [0.2, 0.25) is 0 Å². The van der Waals surface area contributed by atoms with Crippen LogP contribution in [-0.4, -0.2) is 62.1 Å². The van der Waals surface area contributed by atoms with Crippen LogP contribution >= 0.6 is 0 Å². The smallest absolute Gasteiger partial charge is 0.108 e. The maximum Gasteiger partial charge on any atom is 0.108 e. The van der Waals surface area contributed by atoms with E-state index < -0.39 is 0 Å². The van der Waals surface area contributed by atoms with Crippen molar-refractivity contribution in [3.05, 3.63) is 11.9 Å². The van der Waals surface area contributed by atoms with Gasteiger partial charge in [0.2, 0.25) is 0 Å². The van der Waals surface area contributed by atoms with Crippen molar-refractivity contribution in [1.29, 1.82) is 0 Å². The fourth-order valence-corrected chi connectivity index (χ4v) is 1.27. The van der Waals surface area contributed by atoms with E-state index >= 15 is 0 Å². The first-order valence-electron chi connectivity index (χ1n) is 6.05. The summed E-state index contributed by atoms with van der Waals surface area (Å²) < 4.78 is 17.4.